The van der Waals surface area contributed by atoms with Gasteiger partial charge in [-0.2, -0.15) is 0 Å². The number of aromatic nitrogens is 2. The minimum absolute atomic E-state index is 0.0490. The first-order chi connectivity index (χ1) is 7.72. The highest BCUT2D eigenvalue weighted by molar-refractivity contribution is 5.71. The highest BCUT2D eigenvalue weighted by atomic mass is 19.1. The standard InChI is InChI=1S/C11H8F2N2O/c12-10-2-1-3-11(13)9(10)5-15-7-14-4-8(15)6-16/h1-4,6-7H,5H2. The molecule has 0 amide bonds. The second kappa shape index (κ2) is 4.22. The van der Waals surface area contributed by atoms with E-state index >= 15 is 0 Å². The van der Waals surface area contributed by atoms with Crippen molar-refractivity contribution in [2.24, 2.45) is 0 Å². The van der Waals surface area contributed by atoms with E-state index in [2.05, 4.69) is 4.98 Å². The van der Waals surface area contributed by atoms with Gasteiger partial charge in [0.1, 0.15) is 17.3 Å². The lowest BCUT2D eigenvalue weighted by Crippen LogP contribution is -2.06. The molecule has 16 heavy (non-hydrogen) atoms. The van der Waals surface area contributed by atoms with Crippen LogP contribution in [0.2, 0.25) is 0 Å². The van der Waals surface area contributed by atoms with Crippen molar-refractivity contribution >= 4 is 6.29 Å². The maximum absolute atomic E-state index is 13.3. The van der Waals surface area contributed by atoms with Crippen LogP contribution >= 0.6 is 0 Å². The highest BCUT2D eigenvalue weighted by Crippen LogP contribution is 2.14. The van der Waals surface area contributed by atoms with Crippen molar-refractivity contribution < 1.29 is 13.6 Å². The number of aldehydes is 1. The summed E-state index contributed by atoms with van der Waals surface area (Å²) in [5.41, 5.74) is 0.200. The van der Waals surface area contributed by atoms with Gasteiger partial charge in [-0.1, -0.05) is 6.07 Å². The van der Waals surface area contributed by atoms with Gasteiger partial charge in [-0.05, 0) is 12.1 Å². The van der Waals surface area contributed by atoms with Gasteiger partial charge in [0.2, 0.25) is 0 Å². The molecule has 0 unspecified atom stereocenters. The van der Waals surface area contributed by atoms with E-state index < -0.39 is 11.6 Å². The van der Waals surface area contributed by atoms with Crippen LogP contribution in [-0.2, 0) is 6.54 Å². The van der Waals surface area contributed by atoms with Crippen LogP contribution in [-0.4, -0.2) is 15.8 Å². The second-order valence-electron chi connectivity index (χ2n) is 3.26. The van der Waals surface area contributed by atoms with Crippen LogP contribution in [0, 0.1) is 11.6 Å². The predicted octanol–water partition coefficient (Wildman–Crippen LogP) is 2.02. The molecular formula is C11H8F2N2O. The number of benzene rings is 1. The van der Waals surface area contributed by atoms with E-state index in [0.717, 1.165) is 0 Å². The fourth-order valence-corrected chi connectivity index (χ4v) is 1.41. The summed E-state index contributed by atoms with van der Waals surface area (Å²) < 4.78 is 28.0. The van der Waals surface area contributed by atoms with Crippen molar-refractivity contribution in [3.05, 3.63) is 53.6 Å². The zero-order valence-corrected chi connectivity index (χ0v) is 8.23. The molecule has 0 spiro atoms. The molecule has 0 saturated heterocycles. The van der Waals surface area contributed by atoms with Gasteiger partial charge in [0.05, 0.1) is 19.1 Å². The van der Waals surface area contributed by atoms with Crippen molar-refractivity contribution in [1.82, 2.24) is 9.55 Å². The Morgan fingerprint density at radius 3 is 2.62 bits per heavy atom. The van der Waals surface area contributed by atoms with Crippen LogP contribution in [0.4, 0.5) is 8.78 Å². The van der Waals surface area contributed by atoms with Gasteiger partial charge in [0.15, 0.2) is 6.29 Å². The van der Waals surface area contributed by atoms with Crippen LogP contribution in [0.5, 0.6) is 0 Å². The number of imidazole rings is 1. The molecule has 0 fully saturated rings. The molecule has 2 rings (SSSR count). The lowest BCUT2D eigenvalue weighted by molar-refractivity contribution is 0.111. The van der Waals surface area contributed by atoms with Gasteiger partial charge < -0.3 is 4.57 Å². The van der Waals surface area contributed by atoms with Crippen molar-refractivity contribution in [2.45, 2.75) is 6.54 Å². The van der Waals surface area contributed by atoms with E-state index in [0.29, 0.717) is 6.29 Å². The molecule has 0 N–H and O–H groups in total. The van der Waals surface area contributed by atoms with Gasteiger partial charge in [-0.25, -0.2) is 13.8 Å². The van der Waals surface area contributed by atoms with Gasteiger partial charge in [0, 0.05) is 5.56 Å². The predicted molar refractivity (Wildman–Crippen MR) is 53.1 cm³/mol. The summed E-state index contributed by atoms with van der Waals surface area (Å²) in [5.74, 6) is -1.27. The largest absolute Gasteiger partial charge is 0.324 e. The summed E-state index contributed by atoms with van der Waals surface area (Å²) in [6.45, 7) is -0.0490. The van der Waals surface area contributed by atoms with Crippen molar-refractivity contribution in [3.8, 4) is 0 Å². The SMILES string of the molecule is O=Cc1cncn1Cc1c(F)cccc1F. The van der Waals surface area contributed by atoms with Crippen LogP contribution in [0.3, 0.4) is 0 Å². The number of halogens is 2. The molecule has 2 aromatic rings. The monoisotopic (exact) mass is 222 g/mol. The molecule has 0 atom stereocenters. The molecule has 3 nitrogen and oxygen atoms in total. The maximum atomic E-state index is 13.3. The van der Waals surface area contributed by atoms with Crippen LogP contribution in [0.15, 0.2) is 30.7 Å². The number of carbonyl (C=O) groups is 1. The molecule has 0 aliphatic rings. The van der Waals surface area contributed by atoms with Gasteiger partial charge in [-0.3, -0.25) is 4.79 Å². The minimum Gasteiger partial charge on any atom is -0.324 e. The smallest absolute Gasteiger partial charge is 0.168 e. The van der Waals surface area contributed by atoms with Crippen molar-refractivity contribution in [3.63, 3.8) is 0 Å². The molecule has 0 bridgehead atoms. The Bertz CT molecular complexity index is 502. The summed E-state index contributed by atoms with van der Waals surface area (Å²) in [4.78, 5) is 14.3. The van der Waals surface area contributed by atoms with Crippen LogP contribution in [0.1, 0.15) is 16.1 Å². The molecule has 0 aliphatic carbocycles. The van der Waals surface area contributed by atoms with E-state index in [1.165, 1.54) is 35.3 Å². The summed E-state index contributed by atoms with van der Waals surface area (Å²) in [7, 11) is 0. The fraction of sp³-hybridized carbons (Fsp3) is 0.0909. The molecule has 0 saturated carbocycles. The molecule has 1 aromatic heterocycles. The van der Waals surface area contributed by atoms with Crippen molar-refractivity contribution in [2.75, 3.05) is 0 Å². The average molecular weight is 222 g/mol. The molecule has 0 radical (unpaired) electrons. The molecule has 1 heterocycles. The third-order valence-corrected chi connectivity index (χ3v) is 2.26. The second-order valence-corrected chi connectivity index (χ2v) is 3.26. The zero-order valence-electron chi connectivity index (χ0n) is 8.23. The number of rotatable bonds is 3. The lowest BCUT2D eigenvalue weighted by Gasteiger charge is -2.06. The Labute approximate surface area is 90.3 Å². The lowest BCUT2D eigenvalue weighted by atomic mass is 10.2. The Morgan fingerprint density at radius 2 is 2.00 bits per heavy atom. The van der Waals surface area contributed by atoms with Crippen LogP contribution in [0.25, 0.3) is 0 Å². The third-order valence-electron chi connectivity index (χ3n) is 2.26. The van der Waals surface area contributed by atoms with E-state index in [1.54, 1.807) is 0 Å². The number of hydrogen-bond donors (Lipinski definition) is 0. The highest BCUT2D eigenvalue weighted by Gasteiger charge is 2.10. The van der Waals surface area contributed by atoms with E-state index in [1.807, 2.05) is 0 Å². The third kappa shape index (κ3) is 1.84. The molecule has 5 heteroatoms. The number of carbonyl (C=O) groups excluding carboxylic acids is 1. The van der Waals surface area contributed by atoms with Crippen molar-refractivity contribution in [1.29, 1.82) is 0 Å². The molecule has 82 valence electrons. The summed E-state index contributed by atoms with van der Waals surface area (Å²) in [6.07, 6.45) is 3.28. The Hall–Kier alpha value is -2.04. The topological polar surface area (TPSA) is 34.9 Å². The molecular weight excluding hydrogens is 214 g/mol. The molecule has 1 aromatic carbocycles. The number of nitrogens with zero attached hydrogens (tertiary/aromatic N) is 2. The summed E-state index contributed by atoms with van der Waals surface area (Å²) in [6, 6.07) is 3.65. The zero-order chi connectivity index (χ0) is 11.5. The van der Waals surface area contributed by atoms with E-state index in [-0.39, 0.29) is 17.8 Å². The van der Waals surface area contributed by atoms with Crippen LogP contribution < -0.4 is 0 Å². The Balaban J connectivity index is 2.37. The summed E-state index contributed by atoms with van der Waals surface area (Å²) >= 11 is 0. The minimum atomic E-state index is -0.634. The fourth-order valence-electron chi connectivity index (χ4n) is 1.41. The first kappa shape index (κ1) is 10.5. The Morgan fingerprint density at radius 1 is 1.31 bits per heavy atom. The van der Waals surface area contributed by atoms with Gasteiger partial charge in [0.25, 0.3) is 0 Å². The number of hydrogen-bond acceptors (Lipinski definition) is 2. The Kier molecular flexibility index (Phi) is 2.76. The first-order valence-electron chi connectivity index (χ1n) is 4.60. The van der Waals surface area contributed by atoms with E-state index in [4.69, 9.17) is 0 Å². The maximum Gasteiger partial charge on any atom is 0.168 e. The van der Waals surface area contributed by atoms with Gasteiger partial charge in [-0.15, -0.1) is 0 Å². The quantitative estimate of drug-likeness (QED) is 0.744. The van der Waals surface area contributed by atoms with E-state index in [9.17, 15) is 13.6 Å². The first-order valence-corrected chi connectivity index (χ1v) is 4.60. The average Bonchev–Trinajstić information content (AvgIpc) is 2.71. The summed E-state index contributed by atoms with van der Waals surface area (Å²) in [5, 5.41) is 0. The van der Waals surface area contributed by atoms with Gasteiger partial charge >= 0.3 is 0 Å². The normalized spacial score (nSPS) is 10.4. The molecule has 0 aliphatic heterocycles.